The number of likely N-dealkylation sites (tertiary alicyclic amines) is 1. The first-order chi connectivity index (χ1) is 13.1. The van der Waals surface area contributed by atoms with Gasteiger partial charge in [0.2, 0.25) is 5.91 Å². The number of rotatable bonds is 8. The highest BCUT2D eigenvalue weighted by atomic mass is 127. The third-order valence-corrected chi connectivity index (χ3v) is 5.19. The molecule has 0 aromatic heterocycles. The smallest absolute Gasteiger partial charge is 0.233 e. The second-order valence-electron chi connectivity index (χ2n) is 6.86. The number of hydrogen-bond acceptors (Lipinski definition) is 3. The highest BCUT2D eigenvalue weighted by molar-refractivity contribution is 14.0. The maximum absolute atomic E-state index is 11.5. The van der Waals surface area contributed by atoms with Gasteiger partial charge in [-0.3, -0.25) is 14.7 Å². The van der Waals surface area contributed by atoms with Gasteiger partial charge >= 0.3 is 0 Å². The number of piperidine rings is 1. The van der Waals surface area contributed by atoms with Crippen LogP contribution in [-0.4, -0.2) is 62.6 Å². The van der Waals surface area contributed by atoms with Gasteiger partial charge < -0.3 is 16.0 Å². The van der Waals surface area contributed by atoms with Crippen molar-refractivity contribution in [3.63, 3.8) is 0 Å². The van der Waals surface area contributed by atoms with Crippen LogP contribution < -0.4 is 16.0 Å². The number of carbonyl (C=O) groups is 1. The van der Waals surface area contributed by atoms with E-state index in [4.69, 9.17) is 4.99 Å². The van der Waals surface area contributed by atoms with Gasteiger partial charge in [-0.15, -0.1) is 24.0 Å². The van der Waals surface area contributed by atoms with Crippen molar-refractivity contribution < 1.29 is 4.79 Å². The van der Waals surface area contributed by atoms with Gasteiger partial charge in [0.05, 0.1) is 6.54 Å². The molecule has 0 spiro atoms. The molecule has 1 heterocycles. The highest BCUT2D eigenvalue weighted by Gasteiger charge is 2.21. The Morgan fingerprint density at radius 3 is 2.71 bits per heavy atom. The Labute approximate surface area is 194 Å². The lowest BCUT2D eigenvalue weighted by Gasteiger charge is -2.32. The van der Waals surface area contributed by atoms with E-state index in [0.717, 1.165) is 62.3 Å². The Balaban J connectivity index is 0.00000392. The maximum atomic E-state index is 11.5. The Morgan fingerprint density at radius 2 is 2.07 bits per heavy atom. The normalized spacial score (nSPS) is 15.6. The summed E-state index contributed by atoms with van der Waals surface area (Å²) in [6.45, 7) is 6.11. The molecule has 1 aliphatic heterocycles. The lowest BCUT2D eigenvalue weighted by atomic mass is 10.1. The Hall–Kier alpha value is -0.870. The number of nitrogens with zero attached hydrogens (tertiary/aromatic N) is 2. The zero-order valence-corrected chi connectivity index (χ0v) is 20.8. The summed E-state index contributed by atoms with van der Waals surface area (Å²) in [5.74, 6) is 0.984. The van der Waals surface area contributed by atoms with Crippen molar-refractivity contribution >= 4 is 51.8 Å². The lowest BCUT2D eigenvalue weighted by Crippen LogP contribution is -2.50. The van der Waals surface area contributed by atoms with Gasteiger partial charge in [0.1, 0.15) is 0 Å². The monoisotopic (exact) mass is 565 g/mol. The molecule has 1 aliphatic rings. The SMILES string of the molecule is CCNC(=NCCCc1cccc(Br)c1)NC1CCN(CC(=O)NC)CC1.I. The van der Waals surface area contributed by atoms with Crippen LogP contribution in [0.5, 0.6) is 0 Å². The average Bonchev–Trinajstić information content (AvgIpc) is 2.67. The molecule has 1 aromatic rings. The number of guanidine groups is 1. The fourth-order valence-corrected chi connectivity index (χ4v) is 3.64. The predicted molar refractivity (Wildman–Crippen MR) is 131 cm³/mol. The van der Waals surface area contributed by atoms with Gasteiger partial charge in [-0.2, -0.15) is 0 Å². The van der Waals surface area contributed by atoms with Gasteiger partial charge in [0.15, 0.2) is 5.96 Å². The minimum absolute atomic E-state index is 0. The van der Waals surface area contributed by atoms with Crippen molar-refractivity contribution in [1.29, 1.82) is 0 Å². The Morgan fingerprint density at radius 1 is 1.32 bits per heavy atom. The van der Waals surface area contributed by atoms with Crippen molar-refractivity contribution in [1.82, 2.24) is 20.9 Å². The van der Waals surface area contributed by atoms with Crippen LogP contribution in [0.2, 0.25) is 0 Å². The molecule has 0 bridgehead atoms. The standard InChI is InChI=1S/C20H32BrN5O.HI/c1-3-23-20(24-11-5-7-16-6-4-8-17(21)14-16)25-18-9-12-26(13-10-18)15-19(27)22-2;/h4,6,8,14,18H,3,5,7,9-13,15H2,1-2H3,(H,22,27)(H2,23,24,25);1H. The summed E-state index contributed by atoms with van der Waals surface area (Å²) in [7, 11) is 1.69. The summed E-state index contributed by atoms with van der Waals surface area (Å²) < 4.78 is 1.13. The molecule has 1 aromatic carbocycles. The number of halogens is 2. The second-order valence-corrected chi connectivity index (χ2v) is 7.78. The molecule has 0 aliphatic carbocycles. The number of likely N-dealkylation sites (N-methyl/N-ethyl adjacent to an activating group) is 1. The molecule has 0 atom stereocenters. The zero-order chi connectivity index (χ0) is 19.5. The van der Waals surface area contributed by atoms with Crippen LogP contribution >= 0.6 is 39.9 Å². The van der Waals surface area contributed by atoms with E-state index in [1.807, 2.05) is 0 Å². The summed E-state index contributed by atoms with van der Waals surface area (Å²) in [5.41, 5.74) is 1.33. The van der Waals surface area contributed by atoms with Gasteiger partial charge in [-0.25, -0.2) is 0 Å². The topological polar surface area (TPSA) is 68.8 Å². The molecule has 0 radical (unpaired) electrons. The van der Waals surface area contributed by atoms with Crippen LogP contribution in [0.4, 0.5) is 0 Å². The molecule has 2 rings (SSSR count). The first-order valence-electron chi connectivity index (χ1n) is 9.83. The van der Waals surface area contributed by atoms with Crippen molar-refractivity contribution in [3.05, 3.63) is 34.3 Å². The molecule has 1 fully saturated rings. The number of amides is 1. The average molecular weight is 566 g/mol. The minimum Gasteiger partial charge on any atom is -0.358 e. The van der Waals surface area contributed by atoms with E-state index >= 15 is 0 Å². The molecular formula is C20H33BrIN5O. The molecule has 3 N–H and O–H groups in total. The van der Waals surface area contributed by atoms with Crippen LogP contribution in [0.25, 0.3) is 0 Å². The molecule has 6 nitrogen and oxygen atoms in total. The summed E-state index contributed by atoms with van der Waals surface area (Å²) in [6, 6.07) is 8.86. The molecule has 1 saturated heterocycles. The summed E-state index contributed by atoms with van der Waals surface area (Å²) in [5, 5.41) is 9.59. The van der Waals surface area contributed by atoms with Crippen LogP contribution in [0.15, 0.2) is 33.7 Å². The fraction of sp³-hybridized carbons (Fsp3) is 0.600. The lowest BCUT2D eigenvalue weighted by molar-refractivity contribution is -0.122. The fourth-order valence-electron chi connectivity index (χ4n) is 3.20. The Bertz CT molecular complexity index is 620. The molecule has 158 valence electrons. The van der Waals surface area contributed by atoms with Crippen molar-refractivity contribution in [3.8, 4) is 0 Å². The number of benzene rings is 1. The molecule has 1 amide bonds. The summed E-state index contributed by atoms with van der Waals surface area (Å²) >= 11 is 3.52. The van der Waals surface area contributed by atoms with Gasteiger partial charge in [0.25, 0.3) is 0 Å². The molecule has 0 unspecified atom stereocenters. The van der Waals surface area contributed by atoms with Gasteiger partial charge in [-0.1, -0.05) is 28.1 Å². The molecule has 28 heavy (non-hydrogen) atoms. The number of aryl methyl sites for hydroxylation is 1. The summed E-state index contributed by atoms with van der Waals surface area (Å²) in [6.07, 6.45) is 4.11. The summed E-state index contributed by atoms with van der Waals surface area (Å²) in [4.78, 5) is 18.4. The first-order valence-corrected chi connectivity index (χ1v) is 10.6. The van der Waals surface area contributed by atoms with Crippen LogP contribution in [-0.2, 0) is 11.2 Å². The predicted octanol–water partition coefficient (Wildman–Crippen LogP) is 2.77. The van der Waals surface area contributed by atoms with E-state index in [1.54, 1.807) is 7.05 Å². The van der Waals surface area contributed by atoms with Crippen LogP contribution in [0.3, 0.4) is 0 Å². The van der Waals surface area contributed by atoms with Crippen molar-refractivity contribution in [2.75, 3.05) is 39.8 Å². The number of aliphatic imine (C=N–C) groups is 1. The van der Waals surface area contributed by atoms with E-state index in [9.17, 15) is 4.79 Å². The first kappa shape index (κ1) is 25.2. The van der Waals surface area contributed by atoms with Crippen molar-refractivity contribution in [2.45, 2.75) is 38.6 Å². The van der Waals surface area contributed by atoms with Crippen LogP contribution in [0, 0.1) is 0 Å². The zero-order valence-electron chi connectivity index (χ0n) is 16.8. The third kappa shape index (κ3) is 9.56. The third-order valence-electron chi connectivity index (χ3n) is 4.70. The quantitative estimate of drug-likeness (QED) is 0.196. The number of nitrogens with one attached hydrogen (secondary N) is 3. The van der Waals surface area contributed by atoms with Gasteiger partial charge in [-0.05, 0) is 50.3 Å². The van der Waals surface area contributed by atoms with E-state index in [-0.39, 0.29) is 29.9 Å². The van der Waals surface area contributed by atoms with E-state index in [0.29, 0.717) is 12.6 Å². The molecule has 0 saturated carbocycles. The van der Waals surface area contributed by atoms with Gasteiger partial charge in [0, 0.05) is 43.7 Å². The number of hydrogen-bond donors (Lipinski definition) is 3. The number of carbonyl (C=O) groups excluding carboxylic acids is 1. The van der Waals surface area contributed by atoms with Crippen molar-refractivity contribution in [2.24, 2.45) is 4.99 Å². The molecular weight excluding hydrogens is 533 g/mol. The Kier molecular flexibility index (Phi) is 12.7. The van der Waals surface area contributed by atoms with Crippen LogP contribution in [0.1, 0.15) is 31.7 Å². The molecule has 8 heteroatoms. The maximum Gasteiger partial charge on any atom is 0.233 e. The van der Waals surface area contributed by atoms with E-state index in [1.165, 1.54) is 5.56 Å². The minimum atomic E-state index is 0. The highest BCUT2D eigenvalue weighted by Crippen LogP contribution is 2.13. The van der Waals surface area contributed by atoms with E-state index < -0.39 is 0 Å². The second kappa shape index (κ2) is 14.2. The van der Waals surface area contributed by atoms with E-state index in [2.05, 4.69) is 68.0 Å². The largest absolute Gasteiger partial charge is 0.358 e.